The molecule has 0 spiro atoms. The van der Waals surface area contributed by atoms with Gasteiger partial charge in [0.1, 0.15) is 0 Å². The molecule has 2 rings (SSSR count). The van der Waals surface area contributed by atoms with Crippen molar-refractivity contribution in [2.45, 2.75) is 52.7 Å². The summed E-state index contributed by atoms with van der Waals surface area (Å²) < 4.78 is 5.54. The maximum Gasteiger partial charge on any atom is 0.172 e. The van der Waals surface area contributed by atoms with Gasteiger partial charge in [-0.25, -0.2) is 0 Å². The molecule has 0 aromatic rings. The molecule has 1 saturated heterocycles. The van der Waals surface area contributed by atoms with E-state index < -0.39 is 5.60 Å². The van der Waals surface area contributed by atoms with Gasteiger partial charge in [-0.15, -0.1) is 0 Å². The fourth-order valence-electron chi connectivity index (χ4n) is 3.17. The Labute approximate surface area is 86.0 Å². The van der Waals surface area contributed by atoms with Gasteiger partial charge < -0.3 is 4.74 Å². The van der Waals surface area contributed by atoms with E-state index in [9.17, 15) is 4.79 Å². The van der Waals surface area contributed by atoms with E-state index in [4.69, 9.17) is 4.74 Å². The summed E-state index contributed by atoms with van der Waals surface area (Å²) in [5.41, 5.74) is -0.648. The van der Waals surface area contributed by atoms with Crippen molar-refractivity contribution < 1.29 is 9.53 Å². The average Bonchev–Trinajstić information content (AvgIpc) is 2.71. The van der Waals surface area contributed by atoms with Gasteiger partial charge in [0.15, 0.2) is 11.4 Å². The maximum atomic E-state index is 12.2. The zero-order valence-electron chi connectivity index (χ0n) is 9.76. The van der Waals surface area contributed by atoms with Gasteiger partial charge in [0, 0.05) is 5.41 Å². The van der Waals surface area contributed by atoms with Crippen LogP contribution in [-0.4, -0.2) is 17.5 Å². The monoisotopic (exact) mass is 196 g/mol. The zero-order valence-corrected chi connectivity index (χ0v) is 9.76. The van der Waals surface area contributed by atoms with Crippen LogP contribution in [0.5, 0.6) is 0 Å². The molecule has 1 aliphatic carbocycles. The molecule has 0 aromatic carbocycles. The molecule has 0 amide bonds. The number of ketones is 1. The van der Waals surface area contributed by atoms with Gasteiger partial charge in [0.05, 0.1) is 6.10 Å². The Hall–Kier alpha value is -0.370. The molecule has 2 nitrogen and oxygen atoms in total. The minimum absolute atomic E-state index is 0.204. The van der Waals surface area contributed by atoms with Crippen LogP contribution in [0.25, 0.3) is 0 Å². The molecule has 0 N–H and O–H groups in total. The number of hydrogen-bond donors (Lipinski definition) is 0. The van der Waals surface area contributed by atoms with Crippen LogP contribution in [0.2, 0.25) is 0 Å². The van der Waals surface area contributed by atoms with Crippen molar-refractivity contribution in [2.75, 3.05) is 0 Å². The Morgan fingerprint density at radius 3 is 2.43 bits per heavy atom. The predicted octanol–water partition coefficient (Wildman–Crippen LogP) is 2.42. The van der Waals surface area contributed by atoms with Gasteiger partial charge in [-0.3, -0.25) is 4.79 Å². The molecule has 2 heteroatoms. The van der Waals surface area contributed by atoms with Gasteiger partial charge in [0.25, 0.3) is 0 Å². The number of ether oxygens (including phenoxy) is 1. The minimum Gasteiger partial charge on any atom is -0.358 e. The van der Waals surface area contributed by atoms with Crippen LogP contribution in [0.4, 0.5) is 0 Å². The maximum absolute atomic E-state index is 12.2. The van der Waals surface area contributed by atoms with Gasteiger partial charge in [-0.2, -0.15) is 0 Å². The third-order valence-corrected chi connectivity index (χ3v) is 4.18. The lowest BCUT2D eigenvalue weighted by atomic mass is 9.61. The Bertz CT molecular complexity index is 280. The highest BCUT2D eigenvalue weighted by molar-refractivity contribution is 5.95. The van der Waals surface area contributed by atoms with E-state index in [0.717, 1.165) is 6.42 Å². The standard InChI is InChI=1S/C12H20O2/c1-7(2)8-6-9-12(5,14-9)10(13)11(8,3)4/h7-9H,6H2,1-5H3/t8?,9?,12-/m0/s1. The van der Waals surface area contributed by atoms with Crippen molar-refractivity contribution in [3.05, 3.63) is 0 Å². The summed E-state index contributed by atoms with van der Waals surface area (Å²) >= 11 is 0. The smallest absolute Gasteiger partial charge is 0.172 e. The van der Waals surface area contributed by atoms with Crippen LogP contribution in [0.15, 0.2) is 0 Å². The predicted molar refractivity (Wildman–Crippen MR) is 55.0 cm³/mol. The van der Waals surface area contributed by atoms with Crippen molar-refractivity contribution in [3.8, 4) is 0 Å². The van der Waals surface area contributed by atoms with E-state index in [2.05, 4.69) is 27.7 Å². The second kappa shape index (κ2) is 2.60. The summed E-state index contributed by atoms with van der Waals surface area (Å²) in [6, 6.07) is 0. The fraction of sp³-hybridized carbons (Fsp3) is 0.917. The lowest BCUT2D eigenvalue weighted by Crippen LogP contribution is -2.48. The lowest BCUT2D eigenvalue weighted by molar-refractivity contribution is -0.137. The molecule has 2 fully saturated rings. The highest BCUT2D eigenvalue weighted by Crippen LogP contribution is 2.55. The molecule has 3 atom stereocenters. The fourth-order valence-corrected chi connectivity index (χ4v) is 3.17. The van der Waals surface area contributed by atoms with E-state index in [1.807, 2.05) is 6.92 Å². The van der Waals surface area contributed by atoms with Crippen LogP contribution in [0.1, 0.15) is 41.0 Å². The first kappa shape index (κ1) is 10.2. The summed E-state index contributed by atoms with van der Waals surface area (Å²) in [5, 5.41) is 0. The number of fused-ring (bicyclic) bond motifs is 1. The molecule has 2 unspecified atom stereocenters. The lowest BCUT2D eigenvalue weighted by Gasteiger charge is -2.39. The molecule has 2 aliphatic rings. The highest BCUT2D eigenvalue weighted by Gasteiger charge is 2.67. The summed E-state index contributed by atoms with van der Waals surface area (Å²) in [6.07, 6.45) is 1.25. The van der Waals surface area contributed by atoms with E-state index in [-0.39, 0.29) is 11.5 Å². The average molecular weight is 196 g/mol. The number of rotatable bonds is 1. The Morgan fingerprint density at radius 2 is 1.93 bits per heavy atom. The minimum atomic E-state index is -0.436. The molecule has 14 heavy (non-hydrogen) atoms. The molecule has 1 heterocycles. The molecule has 80 valence electrons. The van der Waals surface area contributed by atoms with E-state index in [1.165, 1.54) is 0 Å². The highest BCUT2D eigenvalue weighted by atomic mass is 16.6. The van der Waals surface area contributed by atoms with Crippen molar-refractivity contribution in [3.63, 3.8) is 0 Å². The van der Waals surface area contributed by atoms with Crippen molar-refractivity contribution >= 4 is 5.78 Å². The van der Waals surface area contributed by atoms with E-state index in [1.54, 1.807) is 0 Å². The second-order valence-corrected chi connectivity index (χ2v) is 5.85. The topological polar surface area (TPSA) is 29.6 Å². The van der Waals surface area contributed by atoms with Crippen molar-refractivity contribution in [2.24, 2.45) is 17.3 Å². The molecular formula is C12H20O2. The first-order valence-electron chi connectivity index (χ1n) is 5.53. The number of carbonyl (C=O) groups excluding carboxylic acids is 1. The Kier molecular flexibility index (Phi) is 1.89. The first-order valence-corrected chi connectivity index (χ1v) is 5.53. The van der Waals surface area contributed by atoms with Crippen molar-refractivity contribution in [1.29, 1.82) is 0 Å². The molecule has 0 aromatic heterocycles. The summed E-state index contributed by atoms with van der Waals surface area (Å²) in [6.45, 7) is 10.5. The summed E-state index contributed by atoms with van der Waals surface area (Å²) in [7, 11) is 0. The summed E-state index contributed by atoms with van der Waals surface area (Å²) in [5.74, 6) is 1.33. The molecule has 1 aliphatic heterocycles. The molecule has 0 radical (unpaired) electrons. The van der Waals surface area contributed by atoms with E-state index in [0.29, 0.717) is 17.6 Å². The molecular weight excluding hydrogens is 176 g/mol. The van der Waals surface area contributed by atoms with Crippen LogP contribution >= 0.6 is 0 Å². The van der Waals surface area contributed by atoms with Crippen LogP contribution in [-0.2, 0) is 9.53 Å². The molecule has 1 saturated carbocycles. The quantitative estimate of drug-likeness (QED) is 0.603. The second-order valence-electron chi connectivity index (χ2n) is 5.85. The van der Waals surface area contributed by atoms with Crippen LogP contribution in [0, 0.1) is 17.3 Å². The zero-order chi connectivity index (χ0) is 10.7. The Morgan fingerprint density at radius 1 is 1.36 bits per heavy atom. The van der Waals surface area contributed by atoms with Gasteiger partial charge in [-0.05, 0) is 25.2 Å². The van der Waals surface area contributed by atoms with Crippen LogP contribution < -0.4 is 0 Å². The van der Waals surface area contributed by atoms with Gasteiger partial charge in [-0.1, -0.05) is 27.7 Å². The largest absolute Gasteiger partial charge is 0.358 e. The third-order valence-electron chi connectivity index (χ3n) is 4.18. The summed E-state index contributed by atoms with van der Waals surface area (Å²) in [4.78, 5) is 12.2. The number of hydrogen-bond acceptors (Lipinski definition) is 2. The number of carbonyl (C=O) groups is 1. The van der Waals surface area contributed by atoms with Gasteiger partial charge in [0.2, 0.25) is 0 Å². The third kappa shape index (κ3) is 1.10. The SMILES string of the molecule is CC(C)C1CC2O[C@]2(C)C(=O)C1(C)C. The van der Waals surface area contributed by atoms with Crippen LogP contribution in [0.3, 0.4) is 0 Å². The first-order chi connectivity index (χ1) is 6.30. The normalized spacial score (nSPS) is 45.1. The van der Waals surface area contributed by atoms with E-state index >= 15 is 0 Å². The number of Topliss-reactive ketones (excluding diaryl/α,β-unsaturated/α-hetero) is 1. The Balaban J connectivity index is 2.29. The van der Waals surface area contributed by atoms with Gasteiger partial charge >= 0.3 is 0 Å². The number of epoxide rings is 1. The van der Waals surface area contributed by atoms with Crippen molar-refractivity contribution in [1.82, 2.24) is 0 Å². The molecule has 0 bridgehead atoms.